The normalized spacial score (nSPS) is 13.8. The van der Waals surface area contributed by atoms with Crippen LogP contribution in [0.3, 0.4) is 0 Å². The molecule has 7 heteroatoms. The Bertz CT molecular complexity index is 1750. The standard InChI is InChI=1S/C29H19F3N2O2/c1-16-12-18(14-19(13-16)29(30,31)32)17-10-11-24-22(15-17)20-6-3-4-8-23(20)34(24)25-9-5-7-21-26(25)28(36)33(2)27(21)35/h3-15H,1-2H3. The molecular formula is C29H19F3N2O2. The summed E-state index contributed by atoms with van der Waals surface area (Å²) in [5, 5.41) is 1.72. The summed E-state index contributed by atoms with van der Waals surface area (Å²) in [5.41, 5.74) is 3.85. The molecule has 0 bridgehead atoms. The van der Waals surface area contributed by atoms with Gasteiger partial charge in [-0.25, -0.2) is 0 Å². The molecule has 0 fully saturated rings. The van der Waals surface area contributed by atoms with E-state index in [0.717, 1.165) is 38.8 Å². The molecule has 2 heterocycles. The molecule has 6 rings (SSSR count). The summed E-state index contributed by atoms with van der Waals surface area (Å²) in [6.07, 6.45) is -4.44. The zero-order valence-electron chi connectivity index (χ0n) is 19.4. The van der Waals surface area contributed by atoms with E-state index < -0.39 is 11.7 Å². The number of halogens is 3. The van der Waals surface area contributed by atoms with Crippen LogP contribution in [0.25, 0.3) is 38.6 Å². The lowest BCUT2D eigenvalue weighted by atomic mass is 9.98. The van der Waals surface area contributed by atoms with E-state index in [4.69, 9.17) is 0 Å². The van der Waals surface area contributed by atoms with Gasteiger partial charge in [-0.1, -0.05) is 36.4 Å². The fourth-order valence-electron chi connectivity index (χ4n) is 5.10. The summed E-state index contributed by atoms with van der Waals surface area (Å²) in [4.78, 5) is 26.7. The summed E-state index contributed by atoms with van der Waals surface area (Å²) >= 11 is 0. The molecule has 0 atom stereocenters. The van der Waals surface area contributed by atoms with Gasteiger partial charge in [0.1, 0.15) is 0 Å². The third-order valence-corrected chi connectivity index (χ3v) is 6.75. The molecule has 0 N–H and O–H groups in total. The zero-order valence-corrected chi connectivity index (χ0v) is 19.4. The number of hydrogen-bond acceptors (Lipinski definition) is 2. The molecule has 0 saturated heterocycles. The van der Waals surface area contributed by atoms with Gasteiger partial charge in [0.25, 0.3) is 11.8 Å². The summed E-state index contributed by atoms with van der Waals surface area (Å²) < 4.78 is 42.3. The van der Waals surface area contributed by atoms with E-state index in [9.17, 15) is 22.8 Å². The minimum atomic E-state index is -4.44. The van der Waals surface area contributed by atoms with Crippen molar-refractivity contribution >= 4 is 33.6 Å². The van der Waals surface area contributed by atoms with Crippen molar-refractivity contribution in [3.05, 3.63) is 101 Å². The molecule has 2 amide bonds. The fraction of sp³-hybridized carbons (Fsp3) is 0.103. The smallest absolute Gasteiger partial charge is 0.308 e. The number of aryl methyl sites for hydroxylation is 1. The number of fused-ring (bicyclic) bond motifs is 4. The number of imide groups is 1. The lowest BCUT2D eigenvalue weighted by Crippen LogP contribution is -2.24. The molecule has 5 aromatic rings. The first-order chi connectivity index (χ1) is 17.1. The van der Waals surface area contributed by atoms with Crippen LogP contribution in [0.15, 0.2) is 78.9 Å². The first kappa shape index (κ1) is 22.1. The zero-order chi connectivity index (χ0) is 25.4. The van der Waals surface area contributed by atoms with E-state index in [1.165, 1.54) is 7.05 Å². The number of rotatable bonds is 2. The van der Waals surface area contributed by atoms with Crippen molar-refractivity contribution in [2.45, 2.75) is 13.1 Å². The maximum atomic E-state index is 13.5. The second kappa shape index (κ2) is 7.55. The molecule has 0 saturated carbocycles. The molecule has 1 aliphatic heterocycles. The van der Waals surface area contributed by atoms with Crippen LogP contribution >= 0.6 is 0 Å². The number of carbonyl (C=O) groups excluding carboxylic acids is 2. The number of nitrogens with zero attached hydrogens (tertiary/aromatic N) is 2. The number of amides is 2. The van der Waals surface area contributed by atoms with E-state index in [1.54, 1.807) is 37.3 Å². The Hall–Kier alpha value is -4.39. The van der Waals surface area contributed by atoms with E-state index in [2.05, 4.69) is 0 Å². The Morgan fingerprint density at radius 2 is 1.47 bits per heavy atom. The van der Waals surface area contributed by atoms with E-state index >= 15 is 0 Å². The average Bonchev–Trinajstić information content (AvgIpc) is 3.30. The first-order valence-corrected chi connectivity index (χ1v) is 11.3. The van der Waals surface area contributed by atoms with Crippen LogP contribution in [0.4, 0.5) is 13.2 Å². The summed E-state index contributed by atoms with van der Waals surface area (Å²) in [6, 6.07) is 22.4. The monoisotopic (exact) mass is 484 g/mol. The predicted octanol–water partition coefficient (Wildman–Crippen LogP) is 7.00. The van der Waals surface area contributed by atoms with E-state index in [-0.39, 0.29) is 11.8 Å². The van der Waals surface area contributed by atoms with Crippen LogP contribution in [0, 0.1) is 6.92 Å². The third kappa shape index (κ3) is 3.16. The van der Waals surface area contributed by atoms with Crippen molar-refractivity contribution < 1.29 is 22.8 Å². The number of carbonyl (C=O) groups is 2. The molecule has 0 aliphatic carbocycles. The maximum absolute atomic E-state index is 13.5. The SMILES string of the molecule is Cc1cc(-c2ccc3c(c2)c2ccccc2n3-c2cccc3c2C(=O)N(C)C3=O)cc(C(F)(F)F)c1. The molecule has 4 aromatic carbocycles. The molecular weight excluding hydrogens is 465 g/mol. The van der Waals surface area contributed by atoms with Crippen molar-refractivity contribution in [2.24, 2.45) is 0 Å². The number of para-hydroxylation sites is 1. The van der Waals surface area contributed by atoms with Gasteiger partial charge in [-0.2, -0.15) is 13.2 Å². The molecule has 1 aromatic heterocycles. The number of alkyl halides is 3. The number of benzene rings is 4. The number of aromatic nitrogens is 1. The highest BCUT2D eigenvalue weighted by molar-refractivity contribution is 6.23. The Morgan fingerprint density at radius 1 is 0.722 bits per heavy atom. The Morgan fingerprint density at radius 3 is 2.25 bits per heavy atom. The Balaban J connectivity index is 1.63. The van der Waals surface area contributed by atoms with Gasteiger partial charge in [-0.3, -0.25) is 14.5 Å². The van der Waals surface area contributed by atoms with Crippen LogP contribution in [-0.4, -0.2) is 28.3 Å². The third-order valence-electron chi connectivity index (χ3n) is 6.75. The lowest BCUT2D eigenvalue weighted by Gasteiger charge is -2.13. The second-order valence-electron chi connectivity index (χ2n) is 9.04. The van der Waals surface area contributed by atoms with Gasteiger partial charge in [0, 0.05) is 17.8 Å². The van der Waals surface area contributed by atoms with Crippen molar-refractivity contribution in [1.82, 2.24) is 9.47 Å². The van der Waals surface area contributed by atoms with Crippen LogP contribution in [0.5, 0.6) is 0 Å². The molecule has 4 nitrogen and oxygen atoms in total. The van der Waals surface area contributed by atoms with Crippen LogP contribution in [0.1, 0.15) is 31.8 Å². The molecule has 0 spiro atoms. The summed E-state index contributed by atoms with van der Waals surface area (Å²) in [5.74, 6) is -0.715. The summed E-state index contributed by atoms with van der Waals surface area (Å²) in [6.45, 7) is 1.65. The van der Waals surface area contributed by atoms with Crippen molar-refractivity contribution in [2.75, 3.05) is 7.05 Å². The highest BCUT2D eigenvalue weighted by atomic mass is 19.4. The fourth-order valence-corrected chi connectivity index (χ4v) is 5.10. The van der Waals surface area contributed by atoms with E-state index in [0.29, 0.717) is 33.5 Å². The molecule has 0 radical (unpaired) electrons. The van der Waals surface area contributed by atoms with Crippen LogP contribution < -0.4 is 0 Å². The largest absolute Gasteiger partial charge is 0.416 e. The predicted molar refractivity (Wildman–Crippen MR) is 132 cm³/mol. The van der Waals surface area contributed by atoms with Crippen molar-refractivity contribution in [3.8, 4) is 16.8 Å². The quantitative estimate of drug-likeness (QED) is 0.253. The van der Waals surface area contributed by atoms with Crippen molar-refractivity contribution in [3.63, 3.8) is 0 Å². The van der Waals surface area contributed by atoms with Gasteiger partial charge in [0.2, 0.25) is 0 Å². The highest BCUT2D eigenvalue weighted by Gasteiger charge is 2.36. The Labute approximate surface area is 204 Å². The second-order valence-corrected chi connectivity index (χ2v) is 9.04. The van der Waals surface area contributed by atoms with Gasteiger partial charge >= 0.3 is 6.18 Å². The number of hydrogen-bond donors (Lipinski definition) is 0. The minimum absolute atomic E-state index is 0.338. The highest BCUT2D eigenvalue weighted by Crippen LogP contribution is 2.39. The first-order valence-electron chi connectivity index (χ1n) is 11.3. The minimum Gasteiger partial charge on any atom is -0.308 e. The van der Waals surface area contributed by atoms with Crippen LogP contribution in [0.2, 0.25) is 0 Å². The van der Waals surface area contributed by atoms with Gasteiger partial charge in [0.05, 0.1) is 33.4 Å². The van der Waals surface area contributed by atoms with E-state index in [1.807, 2.05) is 41.0 Å². The summed E-state index contributed by atoms with van der Waals surface area (Å²) in [7, 11) is 1.46. The van der Waals surface area contributed by atoms with Gasteiger partial charge in [-0.15, -0.1) is 0 Å². The van der Waals surface area contributed by atoms with Gasteiger partial charge in [-0.05, 0) is 66.1 Å². The van der Waals surface area contributed by atoms with Crippen molar-refractivity contribution in [1.29, 1.82) is 0 Å². The molecule has 1 aliphatic rings. The Kier molecular flexibility index (Phi) is 4.64. The molecule has 178 valence electrons. The maximum Gasteiger partial charge on any atom is 0.416 e. The van der Waals surface area contributed by atoms with Gasteiger partial charge in [0.15, 0.2) is 0 Å². The van der Waals surface area contributed by atoms with Crippen LogP contribution in [-0.2, 0) is 6.18 Å². The average molecular weight is 484 g/mol. The molecule has 36 heavy (non-hydrogen) atoms. The molecule has 0 unspecified atom stereocenters. The lowest BCUT2D eigenvalue weighted by molar-refractivity contribution is -0.137. The van der Waals surface area contributed by atoms with Gasteiger partial charge < -0.3 is 4.57 Å². The topological polar surface area (TPSA) is 42.3 Å².